The summed E-state index contributed by atoms with van der Waals surface area (Å²) in [6.45, 7) is 4.21. The zero-order valence-corrected chi connectivity index (χ0v) is 16.4. The van der Waals surface area contributed by atoms with E-state index in [9.17, 15) is 0 Å². The Bertz CT molecular complexity index is 854. The highest BCUT2D eigenvalue weighted by Gasteiger charge is 2.16. The van der Waals surface area contributed by atoms with E-state index >= 15 is 0 Å². The van der Waals surface area contributed by atoms with Gasteiger partial charge in [-0.1, -0.05) is 28.1 Å². The number of hydrogen-bond acceptors (Lipinski definition) is 5. The molecular formula is C19H19BrN4S. The molecule has 25 heavy (non-hydrogen) atoms. The summed E-state index contributed by atoms with van der Waals surface area (Å²) >= 11 is 5.16. The Hall–Kier alpha value is -1.76. The number of hydrogen-bond donors (Lipinski definition) is 0. The lowest BCUT2D eigenvalue weighted by Crippen LogP contribution is -2.44. The molecule has 0 radical (unpaired) electrons. The zero-order chi connectivity index (χ0) is 17.2. The molecular weight excluding hydrogens is 396 g/mol. The topological polar surface area (TPSA) is 32.3 Å². The number of piperazine rings is 1. The van der Waals surface area contributed by atoms with Crippen molar-refractivity contribution in [1.82, 2.24) is 14.9 Å². The fraction of sp³-hybridized carbons (Fsp3) is 0.263. The van der Waals surface area contributed by atoms with Crippen LogP contribution in [0.5, 0.6) is 0 Å². The maximum Gasteiger partial charge on any atom is 0.129 e. The van der Waals surface area contributed by atoms with Gasteiger partial charge >= 0.3 is 0 Å². The molecule has 4 rings (SSSR count). The van der Waals surface area contributed by atoms with Gasteiger partial charge in [-0.15, -0.1) is 11.3 Å². The largest absolute Gasteiger partial charge is 0.354 e. The minimum atomic E-state index is 1.02. The number of thiazole rings is 1. The van der Waals surface area contributed by atoms with Gasteiger partial charge in [0.05, 0.1) is 5.69 Å². The van der Waals surface area contributed by atoms with Gasteiger partial charge in [0.2, 0.25) is 0 Å². The van der Waals surface area contributed by atoms with Gasteiger partial charge in [0.1, 0.15) is 10.8 Å². The summed E-state index contributed by atoms with van der Waals surface area (Å²) in [6.07, 6.45) is 1.89. The Kier molecular flexibility index (Phi) is 4.83. The molecule has 4 nitrogen and oxygen atoms in total. The molecule has 0 unspecified atom stereocenters. The molecule has 0 aliphatic carbocycles. The molecule has 6 heteroatoms. The SMILES string of the molecule is CN1CCN(c2cc(-c3nc(-c4ccc(Br)cc4)cs3)ccn2)CC1. The van der Waals surface area contributed by atoms with Crippen molar-refractivity contribution in [1.29, 1.82) is 0 Å². The molecule has 3 aromatic rings. The molecule has 3 heterocycles. The number of nitrogens with zero attached hydrogens (tertiary/aromatic N) is 4. The van der Waals surface area contributed by atoms with Crippen molar-refractivity contribution in [3.05, 3.63) is 52.4 Å². The van der Waals surface area contributed by atoms with E-state index in [1.807, 2.05) is 24.4 Å². The first-order chi connectivity index (χ1) is 12.2. The molecule has 0 amide bonds. The summed E-state index contributed by atoms with van der Waals surface area (Å²) in [5.41, 5.74) is 3.29. The second-order valence-electron chi connectivity index (χ2n) is 6.24. The standard InChI is InChI=1S/C19H19BrN4S/c1-23-8-10-24(11-9-23)18-12-15(6-7-21-18)19-22-17(13-25-19)14-2-4-16(20)5-3-14/h2-7,12-13H,8-11H2,1H3. The Morgan fingerprint density at radius 1 is 1.00 bits per heavy atom. The summed E-state index contributed by atoms with van der Waals surface area (Å²) < 4.78 is 1.08. The van der Waals surface area contributed by atoms with Gasteiger partial charge in [0, 0.05) is 53.4 Å². The summed E-state index contributed by atoms with van der Waals surface area (Å²) in [5.74, 6) is 1.05. The van der Waals surface area contributed by atoms with Crippen molar-refractivity contribution in [2.24, 2.45) is 0 Å². The van der Waals surface area contributed by atoms with Gasteiger partial charge in [-0.2, -0.15) is 0 Å². The Labute approximate surface area is 160 Å². The van der Waals surface area contributed by atoms with E-state index in [1.54, 1.807) is 11.3 Å². The lowest BCUT2D eigenvalue weighted by Gasteiger charge is -2.33. The highest BCUT2D eigenvalue weighted by atomic mass is 79.9. The van der Waals surface area contributed by atoms with Crippen molar-refractivity contribution >= 4 is 33.1 Å². The van der Waals surface area contributed by atoms with Crippen molar-refractivity contribution < 1.29 is 0 Å². The lowest BCUT2D eigenvalue weighted by atomic mass is 10.2. The molecule has 1 aliphatic rings. The van der Waals surface area contributed by atoms with Crippen LogP contribution in [0.2, 0.25) is 0 Å². The monoisotopic (exact) mass is 414 g/mol. The van der Waals surface area contributed by atoms with Gasteiger partial charge in [-0.25, -0.2) is 9.97 Å². The van der Waals surface area contributed by atoms with Crippen molar-refractivity contribution in [2.45, 2.75) is 0 Å². The summed E-state index contributed by atoms with van der Waals surface area (Å²) in [6, 6.07) is 12.5. The van der Waals surface area contributed by atoms with E-state index in [2.05, 4.69) is 61.3 Å². The normalized spacial score (nSPS) is 15.5. The van der Waals surface area contributed by atoms with Crippen LogP contribution < -0.4 is 4.90 Å². The van der Waals surface area contributed by atoms with Crippen LogP contribution in [0.25, 0.3) is 21.8 Å². The van der Waals surface area contributed by atoms with Gasteiger partial charge in [-0.05, 0) is 31.3 Å². The van der Waals surface area contributed by atoms with E-state index in [4.69, 9.17) is 4.98 Å². The minimum Gasteiger partial charge on any atom is -0.354 e. The van der Waals surface area contributed by atoms with Crippen LogP contribution in [0.15, 0.2) is 52.4 Å². The smallest absolute Gasteiger partial charge is 0.129 e. The number of aromatic nitrogens is 2. The lowest BCUT2D eigenvalue weighted by molar-refractivity contribution is 0.312. The maximum absolute atomic E-state index is 4.83. The molecule has 0 spiro atoms. The van der Waals surface area contributed by atoms with Crippen LogP contribution in [-0.4, -0.2) is 48.1 Å². The van der Waals surface area contributed by atoms with Crippen molar-refractivity contribution in [3.63, 3.8) is 0 Å². The second-order valence-corrected chi connectivity index (χ2v) is 8.01. The molecule has 1 aromatic carbocycles. The summed E-state index contributed by atoms with van der Waals surface area (Å²) in [7, 11) is 2.17. The molecule has 2 aromatic heterocycles. The van der Waals surface area contributed by atoms with Crippen molar-refractivity contribution in [3.8, 4) is 21.8 Å². The summed E-state index contributed by atoms with van der Waals surface area (Å²) in [4.78, 5) is 14.1. The molecule has 1 saturated heterocycles. The van der Waals surface area contributed by atoms with Gasteiger partial charge in [-0.3, -0.25) is 0 Å². The van der Waals surface area contributed by atoms with Crippen LogP contribution >= 0.6 is 27.3 Å². The molecule has 1 aliphatic heterocycles. The molecule has 0 N–H and O–H groups in total. The van der Waals surface area contributed by atoms with E-state index < -0.39 is 0 Å². The predicted octanol–water partition coefficient (Wildman–Crippen LogP) is 4.39. The van der Waals surface area contributed by atoms with Gasteiger partial charge < -0.3 is 9.80 Å². The van der Waals surface area contributed by atoms with E-state index in [-0.39, 0.29) is 0 Å². The Balaban J connectivity index is 1.58. The second kappa shape index (κ2) is 7.23. The van der Waals surface area contributed by atoms with Gasteiger partial charge in [0.25, 0.3) is 0 Å². The number of pyridine rings is 1. The first-order valence-electron chi connectivity index (χ1n) is 8.30. The van der Waals surface area contributed by atoms with Crippen LogP contribution in [0.3, 0.4) is 0 Å². The highest BCUT2D eigenvalue weighted by Crippen LogP contribution is 2.30. The Morgan fingerprint density at radius 2 is 1.76 bits per heavy atom. The third-order valence-electron chi connectivity index (χ3n) is 4.46. The zero-order valence-electron chi connectivity index (χ0n) is 14.0. The quantitative estimate of drug-likeness (QED) is 0.635. The number of rotatable bonds is 3. The third kappa shape index (κ3) is 3.76. The predicted molar refractivity (Wildman–Crippen MR) is 108 cm³/mol. The van der Waals surface area contributed by atoms with Crippen LogP contribution in [0.4, 0.5) is 5.82 Å². The fourth-order valence-corrected chi connectivity index (χ4v) is 4.01. The Morgan fingerprint density at radius 3 is 2.52 bits per heavy atom. The van der Waals surface area contributed by atoms with E-state index in [0.29, 0.717) is 0 Å². The fourth-order valence-electron chi connectivity index (χ4n) is 2.92. The average molecular weight is 415 g/mol. The first kappa shape index (κ1) is 16.7. The molecule has 1 fully saturated rings. The number of likely N-dealkylation sites (N-methyl/N-ethyl adjacent to an activating group) is 1. The maximum atomic E-state index is 4.83. The first-order valence-corrected chi connectivity index (χ1v) is 9.98. The van der Waals surface area contributed by atoms with Crippen LogP contribution in [0.1, 0.15) is 0 Å². The highest BCUT2D eigenvalue weighted by molar-refractivity contribution is 9.10. The average Bonchev–Trinajstić information content (AvgIpc) is 3.13. The van der Waals surface area contributed by atoms with Crippen molar-refractivity contribution in [2.75, 3.05) is 38.1 Å². The summed E-state index contributed by atoms with van der Waals surface area (Å²) in [5, 5.41) is 3.16. The molecule has 0 saturated carbocycles. The van der Waals surface area contributed by atoms with E-state index in [1.165, 1.54) is 0 Å². The van der Waals surface area contributed by atoms with E-state index in [0.717, 1.165) is 58.3 Å². The minimum absolute atomic E-state index is 1.02. The molecule has 0 bridgehead atoms. The molecule has 0 atom stereocenters. The molecule has 128 valence electrons. The number of halogens is 1. The van der Waals surface area contributed by atoms with Crippen LogP contribution in [-0.2, 0) is 0 Å². The van der Waals surface area contributed by atoms with Gasteiger partial charge in [0.15, 0.2) is 0 Å². The number of benzene rings is 1. The number of anilines is 1. The van der Waals surface area contributed by atoms with Crippen LogP contribution in [0, 0.1) is 0 Å². The third-order valence-corrected chi connectivity index (χ3v) is 5.88.